The number of alkyl halides is 2. The van der Waals surface area contributed by atoms with E-state index in [1.54, 1.807) is 0 Å². The molecular formula is C5H9F2O. The van der Waals surface area contributed by atoms with Crippen LogP contribution in [-0.4, -0.2) is 12.7 Å². The van der Waals surface area contributed by atoms with Crippen LogP contribution in [0.25, 0.3) is 0 Å². The number of hydrogen-bond donors (Lipinski definition) is 0. The Morgan fingerprint density at radius 3 is 2.25 bits per heavy atom. The Morgan fingerprint density at radius 1 is 1.62 bits per heavy atom. The summed E-state index contributed by atoms with van der Waals surface area (Å²) < 4.78 is 27.7. The van der Waals surface area contributed by atoms with E-state index in [4.69, 9.17) is 0 Å². The molecule has 0 saturated heterocycles. The number of ether oxygens (including phenoxy) is 1. The molecule has 0 spiro atoms. The first-order chi connectivity index (χ1) is 3.62. The summed E-state index contributed by atoms with van der Waals surface area (Å²) in [7, 11) is 0. The Balaban J connectivity index is 3.37. The zero-order chi connectivity index (χ0) is 6.62. The molecule has 0 N–H and O–H groups in total. The fourth-order valence-electron chi connectivity index (χ4n) is 0.251. The van der Waals surface area contributed by atoms with Crippen LogP contribution in [0.1, 0.15) is 13.3 Å². The zero-order valence-electron chi connectivity index (χ0n) is 4.79. The molecular weight excluding hydrogens is 114 g/mol. The normalized spacial score (nSPS) is 12.0. The molecule has 0 aliphatic carbocycles. The van der Waals surface area contributed by atoms with Crippen LogP contribution >= 0.6 is 0 Å². The van der Waals surface area contributed by atoms with Gasteiger partial charge in [-0.05, 0) is 6.92 Å². The maximum absolute atomic E-state index is 11.9. The van der Waals surface area contributed by atoms with Gasteiger partial charge in [-0.3, -0.25) is 0 Å². The van der Waals surface area contributed by atoms with Gasteiger partial charge < -0.3 is 4.74 Å². The number of rotatable bonds is 3. The zero-order valence-corrected chi connectivity index (χ0v) is 4.79. The minimum absolute atomic E-state index is 0.180. The molecule has 0 aromatic rings. The predicted octanol–water partition coefficient (Wildman–Crippen LogP) is 1.84. The molecule has 0 atom stereocenters. The SMILES string of the molecule is [CH2]COC(F)(F)CC. The fraction of sp³-hybridized carbons (Fsp3) is 0.800. The highest BCUT2D eigenvalue weighted by Gasteiger charge is 2.25. The third-order valence-corrected chi connectivity index (χ3v) is 0.725. The lowest BCUT2D eigenvalue weighted by Gasteiger charge is -2.11. The van der Waals surface area contributed by atoms with E-state index in [9.17, 15) is 8.78 Å². The lowest BCUT2D eigenvalue weighted by Crippen LogP contribution is -2.18. The molecule has 0 aromatic carbocycles. The summed E-state index contributed by atoms with van der Waals surface area (Å²) in [6.45, 7) is 4.29. The van der Waals surface area contributed by atoms with Crippen molar-refractivity contribution < 1.29 is 13.5 Å². The van der Waals surface area contributed by atoms with Crippen molar-refractivity contribution in [1.82, 2.24) is 0 Å². The lowest BCUT2D eigenvalue weighted by molar-refractivity contribution is -0.233. The van der Waals surface area contributed by atoms with Crippen LogP contribution < -0.4 is 0 Å². The third-order valence-electron chi connectivity index (χ3n) is 0.725. The Kier molecular flexibility index (Phi) is 2.90. The monoisotopic (exact) mass is 123 g/mol. The van der Waals surface area contributed by atoms with Gasteiger partial charge in [0.2, 0.25) is 0 Å². The standard InChI is InChI=1S/C5H9F2O/c1-3-5(6,7)8-4-2/h2-4H2,1H3. The van der Waals surface area contributed by atoms with Crippen LogP contribution in [-0.2, 0) is 4.74 Å². The summed E-state index contributed by atoms with van der Waals surface area (Å²) in [5.74, 6) is 0. The van der Waals surface area contributed by atoms with Gasteiger partial charge in [-0.25, -0.2) is 0 Å². The third kappa shape index (κ3) is 2.91. The molecule has 0 heterocycles. The van der Waals surface area contributed by atoms with Crippen molar-refractivity contribution in [2.45, 2.75) is 19.5 Å². The molecule has 0 saturated carbocycles. The van der Waals surface area contributed by atoms with E-state index in [1.165, 1.54) is 6.92 Å². The van der Waals surface area contributed by atoms with Crippen molar-refractivity contribution in [3.05, 3.63) is 6.92 Å². The smallest absolute Gasteiger partial charge is 0.320 e. The maximum Gasteiger partial charge on any atom is 0.355 e. The molecule has 0 aliphatic rings. The minimum Gasteiger partial charge on any atom is -0.320 e. The van der Waals surface area contributed by atoms with Crippen molar-refractivity contribution in [3.8, 4) is 0 Å². The van der Waals surface area contributed by atoms with E-state index in [-0.39, 0.29) is 13.0 Å². The topological polar surface area (TPSA) is 9.23 Å². The fourth-order valence-corrected chi connectivity index (χ4v) is 0.251. The van der Waals surface area contributed by atoms with Gasteiger partial charge in [-0.15, -0.1) is 0 Å². The van der Waals surface area contributed by atoms with Crippen molar-refractivity contribution in [3.63, 3.8) is 0 Å². The van der Waals surface area contributed by atoms with E-state index < -0.39 is 6.11 Å². The Labute approximate surface area is 47.6 Å². The highest BCUT2D eigenvalue weighted by atomic mass is 19.3. The van der Waals surface area contributed by atoms with E-state index in [0.29, 0.717) is 0 Å². The van der Waals surface area contributed by atoms with Crippen LogP contribution in [0.4, 0.5) is 8.78 Å². The first-order valence-corrected chi connectivity index (χ1v) is 2.43. The van der Waals surface area contributed by atoms with Gasteiger partial charge in [-0.2, -0.15) is 8.78 Å². The molecule has 0 aromatic heterocycles. The van der Waals surface area contributed by atoms with Crippen LogP contribution in [0.15, 0.2) is 0 Å². The van der Waals surface area contributed by atoms with Crippen molar-refractivity contribution >= 4 is 0 Å². The highest BCUT2D eigenvalue weighted by Crippen LogP contribution is 2.18. The Hall–Kier alpha value is -0.180. The van der Waals surface area contributed by atoms with Crippen LogP contribution in [0.2, 0.25) is 0 Å². The molecule has 49 valence electrons. The Morgan fingerprint density at radius 2 is 2.12 bits per heavy atom. The summed E-state index contributed by atoms with van der Waals surface area (Å²) in [5, 5.41) is 0. The van der Waals surface area contributed by atoms with E-state index in [0.717, 1.165) is 0 Å². The van der Waals surface area contributed by atoms with Crippen LogP contribution in [0.5, 0.6) is 0 Å². The van der Waals surface area contributed by atoms with E-state index in [2.05, 4.69) is 11.7 Å². The number of hydrogen-bond acceptors (Lipinski definition) is 1. The summed E-state index contributed by atoms with van der Waals surface area (Å²) >= 11 is 0. The second-order valence-corrected chi connectivity index (χ2v) is 1.34. The van der Waals surface area contributed by atoms with Crippen LogP contribution in [0, 0.1) is 6.92 Å². The van der Waals surface area contributed by atoms with Gasteiger partial charge in [0.05, 0.1) is 6.61 Å². The van der Waals surface area contributed by atoms with Crippen molar-refractivity contribution in [2.75, 3.05) is 6.61 Å². The molecule has 1 radical (unpaired) electrons. The first kappa shape index (κ1) is 7.82. The minimum atomic E-state index is -2.97. The van der Waals surface area contributed by atoms with Gasteiger partial charge in [0, 0.05) is 6.42 Å². The first-order valence-electron chi connectivity index (χ1n) is 2.43. The van der Waals surface area contributed by atoms with Gasteiger partial charge in [0.15, 0.2) is 0 Å². The van der Waals surface area contributed by atoms with Gasteiger partial charge in [-0.1, -0.05) is 6.92 Å². The average molecular weight is 123 g/mol. The Bertz CT molecular complexity index is 63.4. The molecule has 0 amide bonds. The van der Waals surface area contributed by atoms with Crippen molar-refractivity contribution in [1.29, 1.82) is 0 Å². The molecule has 0 aliphatic heterocycles. The summed E-state index contributed by atoms with van der Waals surface area (Å²) in [6.07, 6.45) is -3.26. The predicted molar refractivity (Wildman–Crippen MR) is 26.5 cm³/mol. The summed E-state index contributed by atoms with van der Waals surface area (Å²) in [5.41, 5.74) is 0. The molecule has 3 heteroatoms. The quantitative estimate of drug-likeness (QED) is 0.556. The van der Waals surface area contributed by atoms with E-state index in [1.807, 2.05) is 0 Å². The van der Waals surface area contributed by atoms with E-state index >= 15 is 0 Å². The maximum atomic E-state index is 11.9. The van der Waals surface area contributed by atoms with Gasteiger partial charge in [0.1, 0.15) is 0 Å². The molecule has 0 fully saturated rings. The molecule has 8 heavy (non-hydrogen) atoms. The molecule has 1 nitrogen and oxygen atoms in total. The highest BCUT2D eigenvalue weighted by molar-refractivity contribution is 4.47. The number of halogens is 2. The summed E-state index contributed by atoms with van der Waals surface area (Å²) in [6, 6.07) is 0. The summed E-state index contributed by atoms with van der Waals surface area (Å²) in [4.78, 5) is 0. The van der Waals surface area contributed by atoms with Gasteiger partial charge in [0.25, 0.3) is 0 Å². The average Bonchev–Trinajstić information content (AvgIpc) is 1.67. The molecule has 0 unspecified atom stereocenters. The van der Waals surface area contributed by atoms with Gasteiger partial charge >= 0.3 is 6.11 Å². The lowest BCUT2D eigenvalue weighted by atomic mass is 10.5. The van der Waals surface area contributed by atoms with Crippen LogP contribution in [0.3, 0.4) is 0 Å². The van der Waals surface area contributed by atoms with Crippen molar-refractivity contribution in [2.24, 2.45) is 0 Å². The molecule has 0 rings (SSSR count). The largest absolute Gasteiger partial charge is 0.355 e. The second-order valence-electron chi connectivity index (χ2n) is 1.34. The second kappa shape index (κ2) is 2.97. The molecule has 0 bridgehead atoms.